The van der Waals surface area contributed by atoms with E-state index in [0.717, 1.165) is 11.3 Å². The lowest BCUT2D eigenvalue weighted by molar-refractivity contribution is 0.0784. The number of hydrogen-bond donors (Lipinski definition) is 0. The number of hydrogen-bond acceptors (Lipinski definition) is 2. The number of halogens is 1. The van der Waals surface area contributed by atoms with Gasteiger partial charge >= 0.3 is 0 Å². The molecule has 0 aliphatic heterocycles. The predicted octanol–water partition coefficient (Wildman–Crippen LogP) is 3.93. The molecular formula is C17H19ClN2O. The van der Waals surface area contributed by atoms with Crippen LogP contribution in [0.1, 0.15) is 32.7 Å². The fourth-order valence-corrected chi connectivity index (χ4v) is 2.57. The fraction of sp³-hybridized carbons (Fsp3) is 0.294. The van der Waals surface area contributed by atoms with Crippen molar-refractivity contribution in [3.8, 4) is 0 Å². The summed E-state index contributed by atoms with van der Waals surface area (Å²) < 4.78 is 0. The Labute approximate surface area is 130 Å². The number of pyridine rings is 1. The first-order valence-corrected chi connectivity index (χ1v) is 7.20. The van der Waals surface area contributed by atoms with Crippen LogP contribution in [0.15, 0.2) is 30.3 Å². The topological polar surface area (TPSA) is 33.2 Å². The molecule has 0 bridgehead atoms. The maximum absolute atomic E-state index is 12.5. The molecule has 110 valence electrons. The molecule has 0 unspecified atom stereocenters. The summed E-state index contributed by atoms with van der Waals surface area (Å²) in [5, 5.41) is 0.346. The van der Waals surface area contributed by atoms with Gasteiger partial charge in [-0.15, -0.1) is 0 Å². The largest absolute Gasteiger partial charge is 0.337 e. The van der Waals surface area contributed by atoms with E-state index in [1.54, 1.807) is 24.1 Å². The Hall–Kier alpha value is -1.87. The zero-order chi connectivity index (χ0) is 15.6. The first-order valence-electron chi connectivity index (χ1n) is 6.82. The minimum atomic E-state index is -0.0534. The van der Waals surface area contributed by atoms with Crippen LogP contribution in [0.3, 0.4) is 0 Å². The highest BCUT2D eigenvalue weighted by molar-refractivity contribution is 6.29. The van der Waals surface area contributed by atoms with E-state index in [4.69, 9.17) is 11.6 Å². The molecule has 0 saturated heterocycles. The van der Waals surface area contributed by atoms with Gasteiger partial charge in [-0.2, -0.15) is 0 Å². The van der Waals surface area contributed by atoms with Gasteiger partial charge in [-0.3, -0.25) is 4.79 Å². The lowest BCUT2D eigenvalue weighted by Gasteiger charge is -2.19. The molecule has 0 radical (unpaired) electrons. The van der Waals surface area contributed by atoms with Crippen molar-refractivity contribution < 1.29 is 4.79 Å². The van der Waals surface area contributed by atoms with Crippen LogP contribution in [0.2, 0.25) is 5.15 Å². The quantitative estimate of drug-likeness (QED) is 0.805. The molecule has 1 aromatic heterocycles. The average Bonchev–Trinajstić information content (AvgIpc) is 2.40. The lowest BCUT2D eigenvalue weighted by atomic mass is 10.1. The number of carbonyl (C=O) groups is 1. The second kappa shape index (κ2) is 6.27. The Morgan fingerprint density at radius 2 is 1.90 bits per heavy atom. The van der Waals surface area contributed by atoms with E-state index in [1.165, 1.54) is 11.1 Å². The van der Waals surface area contributed by atoms with Gasteiger partial charge in [0, 0.05) is 24.8 Å². The zero-order valence-corrected chi connectivity index (χ0v) is 13.5. The molecule has 3 nitrogen and oxygen atoms in total. The molecule has 0 N–H and O–H groups in total. The predicted molar refractivity (Wildman–Crippen MR) is 85.7 cm³/mol. The van der Waals surface area contributed by atoms with Crippen molar-refractivity contribution in [1.29, 1.82) is 0 Å². The highest BCUT2D eigenvalue weighted by atomic mass is 35.5. The molecule has 2 rings (SSSR count). The maximum Gasteiger partial charge on any atom is 0.254 e. The van der Waals surface area contributed by atoms with Crippen molar-refractivity contribution in [3.05, 3.63) is 63.4 Å². The summed E-state index contributed by atoms with van der Waals surface area (Å²) >= 11 is 5.92. The second-order valence-electron chi connectivity index (χ2n) is 5.41. The van der Waals surface area contributed by atoms with Crippen LogP contribution in [0.5, 0.6) is 0 Å². The molecule has 2 aromatic rings. The normalized spacial score (nSPS) is 10.5. The van der Waals surface area contributed by atoms with Crippen molar-refractivity contribution in [3.63, 3.8) is 0 Å². The van der Waals surface area contributed by atoms with Gasteiger partial charge in [0.15, 0.2) is 0 Å². The molecular weight excluding hydrogens is 284 g/mol. The second-order valence-corrected chi connectivity index (χ2v) is 5.80. The van der Waals surface area contributed by atoms with Gasteiger partial charge in [0.25, 0.3) is 5.91 Å². The Kier molecular flexibility index (Phi) is 4.63. The van der Waals surface area contributed by atoms with E-state index in [1.807, 2.05) is 6.92 Å². The third kappa shape index (κ3) is 3.82. The standard InChI is InChI=1S/C17H19ClN2O/c1-11-5-6-14(12(2)7-11)10-20(4)17(21)15-8-13(3)19-16(18)9-15/h5-9H,10H2,1-4H3. The summed E-state index contributed by atoms with van der Waals surface area (Å²) in [7, 11) is 1.80. The van der Waals surface area contributed by atoms with Crippen molar-refractivity contribution in [2.24, 2.45) is 0 Å². The SMILES string of the molecule is Cc1ccc(CN(C)C(=O)c2cc(C)nc(Cl)c2)c(C)c1. The molecule has 0 spiro atoms. The molecule has 1 aromatic carbocycles. The average molecular weight is 303 g/mol. The fourth-order valence-electron chi connectivity index (χ4n) is 2.32. The summed E-state index contributed by atoms with van der Waals surface area (Å²) in [6.45, 7) is 6.53. The molecule has 0 fully saturated rings. The zero-order valence-electron chi connectivity index (χ0n) is 12.8. The van der Waals surface area contributed by atoms with Crippen molar-refractivity contribution in [2.75, 3.05) is 7.05 Å². The van der Waals surface area contributed by atoms with Crippen molar-refractivity contribution in [1.82, 2.24) is 9.88 Å². The highest BCUT2D eigenvalue weighted by Gasteiger charge is 2.14. The van der Waals surface area contributed by atoms with Crippen LogP contribution in [0.4, 0.5) is 0 Å². The minimum absolute atomic E-state index is 0.0534. The first kappa shape index (κ1) is 15.5. The lowest BCUT2D eigenvalue weighted by Crippen LogP contribution is -2.26. The number of benzene rings is 1. The van der Waals surface area contributed by atoms with Gasteiger partial charge in [-0.25, -0.2) is 4.98 Å². The molecule has 0 aliphatic carbocycles. The van der Waals surface area contributed by atoms with Gasteiger partial charge in [-0.1, -0.05) is 35.4 Å². The van der Waals surface area contributed by atoms with Crippen LogP contribution in [0, 0.1) is 20.8 Å². The molecule has 0 aliphatic rings. The van der Waals surface area contributed by atoms with Crippen LogP contribution < -0.4 is 0 Å². The third-order valence-corrected chi connectivity index (χ3v) is 3.62. The first-order chi connectivity index (χ1) is 9.86. The Morgan fingerprint density at radius 1 is 1.19 bits per heavy atom. The highest BCUT2D eigenvalue weighted by Crippen LogP contribution is 2.16. The third-order valence-electron chi connectivity index (χ3n) is 3.42. The van der Waals surface area contributed by atoms with Crippen molar-refractivity contribution in [2.45, 2.75) is 27.3 Å². The molecule has 4 heteroatoms. The number of rotatable bonds is 3. The Bertz CT molecular complexity index is 662. The Morgan fingerprint density at radius 3 is 2.52 bits per heavy atom. The number of aromatic nitrogens is 1. The molecule has 21 heavy (non-hydrogen) atoms. The Balaban J connectivity index is 2.19. The van der Waals surface area contributed by atoms with E-state index in [-0.39, 0.29) is 5.91 Å². The van der Waals surface area contributed by atoms with Gasteiger partial charge in [0.05, 0.1) is 0 Å². The van der Waals surface area contributed by atoms with E-state index >= 15 is 0 Å². The molecule has 0 atom stereocenters. The summed E-state index contributed by atoms with van der Waals surface area (Å²) in [5.74, 6) is -0.0534. The smallest absolute Gasteiger partial charge is 0.254 e. The summed E-state index contributed by atoms with van der Waals surface area (Å²) in [6, 6.07) is 9.62. The number of nitrogens with zero attached hydrogens (tertiary/aromatic N) is 2. The van der Waals surface area contributed by atoms with E-state index in [9.17, 15) is 4.79 Å². The summed E-state index contributed by atoms with van der Waals surface area (Å²) in [4.78, 5) is 18.2. The van der Waals surface area contributed by atoms with Gasteiger partial charge in [-0.05, 0) is 44.0 Å². The van der Waals surface area contributed by atoms with E-state index < -0.39 is 0 Å². The number of aryl methyl sites for hydroxylation is 3. The van der Waals surface area contributed by atoms with Gasteiger partial charge in [0.1, 0.15) is 5.15 Å². The van der Waals surface area contributed by atoms with Gasteiger partial charge in [0.2, 0.25) is 0 Å². The minimum Gasteiger partial charge on any atom is -0.337 e. The van der Waals surface area contributed by atoms with Crippen molar-refractivity contribution >= 4 is 17.5 Å². The van der Waals surface area contributed by atoms with Gasteiger partial charge < -0.3 is 4.90 Å². The number of carbonyl (C=O) groups excluding carboxylic acids is 1. The molecule has 0 saturated carbocycles. The van der Waals surface area contributed by atoms with E-state index in [0.29, 0.717) is 17.3 Å². The molecule has 1 heterocycles. The summed E-state index contributed by atoms with van der Waals surface area (Å²) in [5.41, 5.74) is 4.87. The van der Waals surface area contributed by atoms with E-state index in [2.05, 4.69) is 37.0 Å². The number of amides is 1. The van der Waals surface area contributed by atoms with Crippen LogP contribution in [-0.2, 0) is 6.54 Å². The van der Waals surface area contributed by atoms with Crippen LogP contribution in [-0.4, -0.2) is 22.8 Å². The monoisotopic (exact) mass is 302 g/mol. The maximum atomic E-state index is 12.5. The van der Waals surface area contributed by atoms with Crippen LogP contribution >= 0.6 is 11.6 Å². The van der Waals surface area contributed by atoms with Crippen LogP contribution in [0.25, 0.3) is 0 Å². The summed E-state index contributed by atoms with van der Waals surface area (Å²) in [6.07, 6.45) is 0. The molecule has 1 amide bonds.